The van der Waals surface area contributed by atoms with Gasteiger partial charge in [0.2, 0.25) is 11.8 Å². The molecule has 0 aromatic heterocycles. The molecule has 2 aliphatic carbocycles. The Bertz CT molecular complexity index is 827. The van der Waals surface area contributed by atoms with Crippen molar-refractivity contribution in [1.29, 1.82) is 0 Å². The molecule has 7 heteroatoms. The predicted octanol–water partition coefficient (Wildman–Crippen LogP) is 4.23. The number of hydrogen-bond acceptors (Lipinski definition) is 4. The molecule has 0 spiro atoms. The number of benzene rings is 1. The molecule has 0 aliphatic heterocycles. The molecule has 0 heterocycles. The van der Waals surface area contributed by atoms with Gasteiger partial charge in [0, 0.05) is 6.42 Å². The number of carboxylic acid groups (broad SMARTS) is 1. The number of amides is 2. The second kappa shape index (κ2) is 11.4. The number of carbonyl (C=O) groups excluding carboxylic acids is 2. The quantitative estimate of drug-likeness (QED) is 0.403. The second-order valence-corrected chi connectivity index (χ2v) is 10.7. The molecule has 0 bridgehead atoms. The van der Waals surface area contributed by atoms with Crippen LogP contribution in [0.1, 0.15) is 88.7 Å². The van der Waals surface area contributed by atoms with Crippen LogP contribution in [0.5, 0.6) is 0 Å². The number of hydrogen-bond donors (Lipinski definition) is 4. The molecule has 0 saturated heterocycles. The zero-order valence-electron chi connectivity index (χ0n) is 19.8. The van der Waals surface area contributed by atoms with Gasteiger partial charge >= 0.3 is 5.97 Å². The van der Waals surface area contributed by atoms with Gasteiger partial charge in [-0.2, -0.15) is 12.6 Å². The van der Waals surface area contributed by atoms with E-state index in [2.05, 4.69) is 35.4 Å². The van der Waals surface area contributed by atoms with Crippen LogP contribution >= 0.6 is 12.6 Å². The lowest BCUT2D eigenvalue weighted by Crippen LogP contribution is -2.61. The van der Waals surface area contributed by atoms with Gasteiger partial charge in [0.15, 0.2) is 0 Å². The van der Waals surface area contributed by atoms with E-state index in [0.29, 0.717) is 18.8 Å². The van der Waals surface area contributed by atoms with Gasteiger partial charge in [-0.05, 0) is 48.6 Å². The van der Waals surface area contributed by atoms with Crippen LogP contribution in [0.2, 0.25) is 0 Å². The zero-order valence-corrected chi connectivity index (χ0v) is 20.7. The van der Waals surface area contributed by atoms with Gasteiger partial charge in [-0.15, -0.1) is 0 Å². The van der Waals surface area contributed by atoms with Crippen molar-refractivity contribution in [3.8, 4) is 0 Å². The molecule has 3 N–H and O–H groups in total. The van der Waals surface area contributed by atoms with E-state index in [1.807, 2.05) is 26.0 Å². The third-order valence-electron chi connectivity index (χ3n) is 7.25. The standard InChI is InChI=1S/C26H38N2O4S/c1-17(2)22(33)23(29)28-26(14-6-7-15-26)25(32)27-21(24(30)31)16-18-10-12-20(13-11-18)19-8-4-3-5-9-19/h10-13,17,19,21-22,33H,3-9,14-16H2,1-2H3,(H,27,32)(H,28,29)(H,30,31)/t21-,22-/m0/s1. The lowest BCUT2D eigenvalue weighted by atomic mass is 9.84. The van der Waals surface area contributed by atoms with Crippen LogP contribution in [0.4, 0.5) is 0 Å². The molecule has 33 heavy (non-hydrogen) atoms. The van der Waals surface area contributed by atoms with E-state index in [1.165, 1.54) is 37.7 Å². The fourth-order valence-corrected chi connectivity index (χ4v) is 5.16. The smallest absolute Gasteiger partial charge is 0.326 e. The topological polar surface area (TPSA) is 95.5 Å². The lowest BCUT2D eigenvalue weighted by Gasteiger charge is -2.32. The summed E-state index contributed by atoms with van der Waals surface area (Å²) in [5.74, 6) is -1.15. The molecule has 0 radical (unpaired) electrons. The van der Waals surface area contributed by atoms with Crippen molar-refractivity contribution in [2.75, 3.05) is 0 Å². The Balaban J connectivity index is 1.67. The number of carbonyl (C=O) groups is 3. The minimum absolute atomic E-state index is 0.0261. The van der Waals surface area contributed by atoms with Crippen LogP contribution in [0, 0.1) is 5.92 Å². The van der Waals surface area contributed by atoms with Gasteiger partial charge < -0.3 is 15.7 Å². The molecule has 1 aromatic rings. The van der Waals surface area contributed by atoms with E-state index in [-0.39, 0.29) is 18.2 Å². The van der Waals surface area contributed by atoms with Gasteiger partial charge in [0.25, 0.3) is 0 Å². The van der Waals surface area contributed by atoms with Crippen molar-refractivity contribution >= 4 is 30.4 Å². The van der Waals surface area contributed by atoms with Crippen LogP contribution in [-0.2, 0) is 20.8 Å². The molecule has 2 atom stereocenters. The molecule has 2 saturated carbocycles. The van der Waals surface area contributed by atoms with E-state index >= 15 is 0 Å². The Morgan fingerprint density at radius 1 is 1.03 bits per heavy atom. The third kappa shape index (κ3) is 6.52. The van der Waals surface area contributed by atoms with Gasteiger partial charge in [-0.3, -0.25) is 9.59 Å². The highest BCUT2D eigenvalue weighted by Gasteiger charge is 2.44. The Hall–Kier alpha value is -2.02. The molecular weight excluding hydrogens is 436 g/mol. The van der Waals surface area contributed by atoms with E-state index < -0.39 is 28.7 Å². The van der Waals surface area contributed by atoms with Crippen molar-refractivity contribution in [2.24, 2.45) is 5.92 Å². The van der Waals surface area contributed by atoms with Crippen molar-refractivity contribution < 1.29 is 19.5 Å². The van der Waals surface area contributed by atoms with Gasteiger partial charge in [0.05, 0.1) is 5.25 Å². The molecule has 182 valence electrons. The Labute approximate surface area is 202 Å². The molecule has 0 unspecified atom stereocenters. The summed E-state index contributed by atoms with van der Waals surface area (Å²) < 4.78 is 0. The molecule has 2 fully saturated rings. The first kappa shape index (κ1) is 25.6. The van der Waals surface area contributed by atoms with Crippen molar-refractivity contribution in [3.63, 3.8) is 0 Å². The fourth-order valence-electron chi connectivity index (χ4n) is 5.09. The summed E-state index contributed by atoms with van der Waals surface area (Å²) in [6.45, 7) is 3.80. The Kier molecular flexibility index (Phi) is 8.85. The van der Waals surface area contributed by atoms with Crippen molar-refractivity contribution in [1.82, 2.24) is 10.6 Å². The van der Waals surface area contributed by atoms with Crippen LogP contribution in [0.3, 0.4) is 0 Å². The Morgan fingerprint density at radius 3 is 2.18 bits per heavy atom. The molecule has 2 amide bonds. The number of nitrogens with one attached hydrogen (secondary N) is 2. The van der Waals surface area contributed by atoms with E-state index in [9.17, 15) is 19.5 Å². The maximum Gasteiger partial charge on any atom is 0.326 e. The van der Waals surface area contributed by atoms with Crippen LogP contribution < -0.4 is 10.6 Å². The maximum atomic E-state index is 13.2. The minimum atomic E-state index is -1.08. The predicted molar refractivity (Wildman–Crippen MR) is 132 cm³/mol. The zero-order chi connectivity index (χ0) is 24.0. The monoisotopic (exact) mass is 474 g/mol. The van der Waals surface area contributed by atoms with E-state index in [0.717, 1.165) is 18.4 Å². The summed E-state index contributed by atoms with van der Waals surface area (Å²) in [6, 6.07) is 7.11. The third-order valence-corrected chi connectivity index (χ3v) is 8.08. The van der Waals surface area contributed by atoms with Crippen LogP contribution in [0.15, 0.2) is 24.3 Å². The highest BCUT2D eigenvalue weighted by Crippen LogP contribution is 2.33. The van der Waals surface area contributed by atoms with Gasteiger partial charge in [0.1, 0.15) is 11.6 Å². The number of carboxylic acids is 1. The summed E-state index contributed by atoms with van der Waals surface area (Å²) in [5, 5.41) is 14.9. The summed E-state index contributed by atoms with van der Waals surface area (Å²) in [7, 11) is 0. The maximum absolute atomic E-state index is 13.2. The first-order chi connectivity index (χ1) is 15.7. The average molecular weight is 475 g/mol. The second-order valence-electron chi connectivity index (χ2n) is 10.1. The first-order valence-electron chi connectivity index (χ1n) is 12.3. The van der Waals surface area contributed by atoms with Gasteiger partial charge in [-0.1, -0.05) is 70.2 Å². The summed E-state index contributed by atoms with van der Waals surface area (Å²) >= 11 is 4.38. The molecular formula is C26H38N2O4S. The molecule has 1 aromatic carbocycles. The summed E-state index contributed by atoms with van der Waals surface area (Å²) in [6.07, 6.45) is 9.11. The number of thiol groups is 1. The molecule has 6 nitrogen and oxygen atoms in total. The normalized spacial score (nSPS) is 20.2. The Morgan fingerprint density at radius 2 is 1.64 bits per heavy atom. The number of rotatable bonds is 9. The lowest BCUT2D eigenvalue weighted by molar-refractivity contribution is -0.143. The molecule has 3 rings (SSSR count). The van der Waals surface area contributed by atoms with Crippen molar-refractivity contribution in [2.45, 2.75) is 101 Å². The van der Waals surface area contributed by atoms with Gasteiger partial charge in [-0.25, -0.2) is 4.79 Å². The van der Waals surface area contributed by atoms with Crippen molar-refractivity contribution in [3.05, 3.63) is 35.4 Å². The SMILES string of the molecule is CC(C)[C@H](S)C(=O)NC1(C(=O)N[C@@H](Cc2ccc(C3CCCCC3)cc2)C(=O)O)CCCC1. The van der Waals surface area contributed by atoms with E-state index in [1.54, 1.807) is 0 Å². The molecule has 2 aliphatic rings. The number of aliphatic carboxylic acids is 1. The highest BCUT2D eigenvalue weighted by molar-refractivity contribution is 7.81. The van der Waals surface area contributed by atoms with Crippen LogP contribution in [0.25, 0.3) is 0 Å². The van der Waals surface area contributed by atoms with Crippen LogP contribution in [-0.4, -0.2) is 39.7 Å². The highest BCUT2D eigenvalue weighted by atomic mass is 32.1. The minimum Gasteiger partial charge on any atom is -0.480 e. The summed E-state index contributed by atoms with van der Waals surface area (Å²) in [5.41, 5.74) is 1.13. The summed E-state index contributed by atoms with van der Waals surface area (Å²) in [4.78, 5) is 37.9. The first-order valence-corrected chi connectivity index (χ1v) is 12.9. The largest absolute Gasteiger partial charge is 0.480 e. The fraction of sp³-hybridized carbons (Fsp3) is 0.654. The average Bonchev–Trinajstić information content (AvgIpc) is 3.28. The van der Waals surface area contributed by atoms with E-state index in [4.69, 9.17) is 0 Å².